The van der Waals surface area contributed by atoms with E-state index in [0.717, 1.165) is 17.7 Å². The van der Waals surface area contributed by atoms with E-state index in [1.807, 2.05) is 4.72 Å². The van der Waals surface area contributed by atoms with E-state index < -0.39 is 50.9 Å². The Balaban J connectivity index is 2.50. The number of aromatic nitrogens is 2. The molecular formula is C14H21N3O8S. The summed E-state index contributed by atoms with van der Waals surface area (Å²) in [5.74, 6) is 0. The third-order valence-corrected chi connectivity index (χ3v) is 5.08. The van der Waals surface area contributed by atoms with Crippen molar-refractivity contribution < 1.29 is 27.4 Å². The van der Waals surface area contributed by atoms with E-state index in [0.29, 0.717) is 0 Å². The predicted octanol–water partition coefficient (Wildman–Crippen LogP) is -1.68. The molecule has 1 aliphatic heterocycles. The molecule has 0 saturated carbocycles. The largest absolute Gasteiger partial charge is 0.374 e. The Morgan fingerprint density at radius 1 is 1.35 bits per heavy atom. The summed E-state index contributed by atoms with van der Waals surface area (Å²) in [7, 11) is -1.89. The fourth-order valence-electron chi connectivity index (χ4n) is 2.65. The molecule has 1 aromatic rings. The topological polar surface area (TPSA) is 146 Å². The van der Waals surface area contributed by atoms with Gasteiger partial charge in [0.1, 0.15) is 12.2 Å². The van der Waals surface area contributed by atoms with Gasteiger partial charge in [0.05, 0.1) is 6.10 Å². The second kappa shape index (κ2) is 7.80. The number of aromatic amines is 1. The van der Waals surface area contributed by atoms with E-state index >= 15 is 0 Å². The molecule has 0 bridgehead atoms. The molecule has 0 amide bonds. The van der Waals surface area contributed by atoms with Crippen LogP contribution in [0.1, 0.15) is 20.1 Å². The van der Waals surface area contributed by atoms with Crippen LogP contribution in [0.15, 0.2) is 21.9 Å². The average Bonchev–Trinajstić information content (AvgIpc) is 2.91. The summed E-state index contributed by atoms with van der Waals surface area (Å²) in [6.07, 6.45) is -3.96. The van der Waals surface area contributed by atoms with Crippen molar-refractivity contribution in [3.05, 3.63) is 33.1 Å². The molecule has 1 saturated heterocycles. The van der Waals surface area contributed by atoms with E-state index in [1.54, 1.807) is 13.8 Å². The molecule has 146 valence electrons. The number of nitrogens with one attached hydrogen (secondary N) is 2. The molecule has 1 aliphatic rings. The number of sulfonamides is 1. The molecule has 1 fully saturated rings. The van der Waals surface area contributed by atoms with Crippen molar-refractivity contribution in [3.8, 4) is 0 Å². The molecule has 2 N–H and O–H groups in total. The van der Waals surface area contributed by atoms with Gasteiger partial charge in [-0.1, -0.05) is 0 Å². The highest BCUT2D eigenvalue weighted by Gasteiger charge is 2.53. The van der Waals surface area contributed by atoms with Crippen LogP contribution in [-0.2, 0) is 29.0 Å². The molecule has 0 spiro atoms. The SMILES string of the molecule is CNS(=O)(=O)C(=O)[C@H]1O[C@@H](n2ccc(=O)[nH]c2=O)[C@H](OC)[C@@H]1OC(C)C. The van der Waals surface area contributed by atoms with Gasteiger partial charge in [0, 0.05) is 19.4 Å². The number of nitrogens with zero attached hydrogens (tertiary/aromatic N) is 1. The first-order chi connectivity index (χ1) is 12.1. The van der Waals surface area contributed by atoms with Crippen LogP contribution in [0.5, 0.6) is 0 Å². The number of ether oxygens (including phenoxy) is 3. The van der Waals surface area contributed by atoms with E-state index in [-0.39, 0.29) is 6.10 Å². The number of carbonyl (C=O) groups excluding carboxylic acids is 1. The zero-order valence-electron chi connectivity index (χ0n) is 14.7. The zero-order chi connectivity index (χ0) is 19.6. The Hall–Kier alpha value is -1.86. The summed E-state index contributed by atoms with van der Waals surface area (Å²) in [4.78, 5) is 37.8. The standard InChI is InChI=1S/C14H21N3O8S/c1-7(2)24-9-10(23-4)12(17-6-5-8(18)16-14(17)20)25-11(9)13(19)26(21,22)15-3/h5-7,9-12,15H,1-4H3,(H,16,18,20)/t9-,10+,11-,12+/m0/s1. The van der Waals surface area contributed by atoms with E-state index in [4.69, 9.17) is 14.2 Å². The highest BCUT2D eigenvalue weighted by atomic mass is 32.2. The molecule has 4 atom stereocenters. The summed E-state index contributed by atoms with van der Waals surface area (Å²) < 4.78 is 43.3. The number of hydrogen-bond donors (Lipinski definition) is 2. The van der Waals surface area contributed by atoms with Gasteiger partial charge in [-0.25, -0.2) is 17.9 Å². The van der Waals surface area contributed by atoms with Crippen molar-refractivity contribution in [2.45, 2.75) is 44.5 Å². The first-order valence-corrected chi connectivity index (χ1v) is 9.23. The fourth-order valence-corrected chi connectivity index (χ4v) is 3.34. The van der Waals surface area contributed by atoms with Crippen LogP contribution in [-0.4, -0.2) is 61.7 Å². The van der Waals surface area contributed by atoms with Crippen LogP contribution >= 0.6 is 0 Å². The van der Waals surface area contributed by atoms with Crippen molar-refractivity contribution in [2.75, 3.05) is 14.2 Å². The maximum absolute atomic E-state index is 12.4. The highest BCUT2D eigenvalue weighted by Crippen LogP contribution is 2.34. The minimum atomic E-state index is -4.30. The maximum atomic E-state index is 12.4. The quantitative estimate of drug-likeness (QED) is 0.585. The number of methoxy groups -OCH3 is 1. The van der Waals surface area contributed by atoms with Gasteiger partial charge in [-0.05, 0) is 20.9 Å². The second-order valence-electron chi connectivity index (χ2n) is 5.84. The fraction of sp³-hybridized carbons (Fsp3) is 0.643. The smallest absolute Gasteiger partial charge is 0.330 e. The van der Waals surface area contributed by atoms with Crippen LogP contribution in [0.4, 0.5) is 0 Å². The molecule has 2 heterocycles. The molecule has 11 nitrogen and oxygen atoms in total. The Kier molecular flexibility index (Phi) is 6.13. The predicted molar refractivity (Wildman–Crippen MR) is 89.0 cm³/mol. The van der Waals surface area contributed by atoms with Crippen molar-refractivity contribution in [1.29, 1.82) is 0 Å². The first kappa shape index (κ1) is 20.5. The number of hydrogen-bond acceptors (Lipinski definition) is 8. The van der Waals surface area contributed by atoms with Gasteiger partial charge < -0.3 is 14.2 Å². The average molecular weight is 391 g/mol. The van der Waals surface area contributed by atoms with Gasteiger partial charge in [-0.2, -0.15) is 0 Å². The molecule has 2 rings (SSSR count). The molecule has 0 unspecified atom stereocenters. The molecule has 0 aliphatic carbocycles. The third-order valence-electron chi connectivity index (χ3n) is 3.78. The number of H-pyrrole nitrogens is 1. The van der Waals surface area contributed by atoms with Gasteiger partial charge in [0.15, 0.2) is 12.3 Å². The van der Waals surface area contributed by atoms with Crippen molar-refractivity contribution >= 4 is 15.1 Å². The lowest BCUT2D eigenvalue weighted by Crippen LogP contribution is -2.45. The van der Waals surface area contributed by atoms with E-state index in [2.05, 4.69) is 4.98 Å². The summed E-state index contributed by atoms with van der Waals surface area (Å²) in [6, 6.07) is 1.09. The lowest BCUT2D eigenvalue weighted by atomic mass is 10.1. The Morgan fingerprint density at radius 3 is 2.50 bits per heavy atom. The van der Waals surface area contributed by atoms with Crippen LogP contribution in [0.3, 0.4) is 0 Å². The van der Waals surface area contributed by atoms with Crippen LogP contribution in [0.2, 0.25) is 0 Å². The van der Waals surface area contributed by atoms with Gasteiger partial charge >= 0.3 is 5.69 Å². The molecule has 26 heavy (non-hydrogen) atoms. The highest BCUT2D eigenvalue weighted by molar-refractivity contribution is 8.04. The normalized spacial score (nSPS) is 26.3. The summed E-state index contributed by atoms with van der Waals surface area (Å²) in [5, 5.41) is -1.24. The minimum Gasteiger partial charge on any atom is -0.374 e. The van der Waals surface area contributed by atoms with E-state index in [1.165, 1.54) is 13.3 Å². The van der Waals surface area contributed by atoms with Gasteiger partial charge in [-0.3, -0.25) is 19.1 Å². The van der Waals surface area contributed by atoms with Crippen LogP contribution in [0.25, 0.3) is 0 Å². The maximum Gasteiger partial charge on any atom is 0.330 e. The van der Waals surface area contributed by atoms with Gasteiger partial charge in [0.25, 0.3) is 20.7 Å². The Morgan fingerprint density at radius 2 is 2.00 bits per heavy atom. The molecular weight excluding hydrogens is 370 g/mol. The van der Waals surface area contributed by atoms with Crippen molar-refractivity contribution in [1.82, 2.24) is 14.3 Å². The molecule has 0 aromatic carbocycles. The van der Waals surface area contributed by atoms with Gasteiger partial charge in [-0.15, -0.1) is 0 Å². The lowest BCUT2D eigenvalue weighted by molar-refractivity contribution is -0.131. The summed E-state index contributed by atoms with van der Waals surface area (Å²) in [5.41, 5.74) is -1.41. The van der Waals surface area contributed by atoms with Crippen LogP contribution in [0, 0.1) is 0 Å². The van der Waals surface area contributed by atoms with Crippen molar-refractivity contribution in [2.24, 2.45) is 0 Å². The number of rotatable bonds is 6. The number of carbonyl (C=O) groups is 1. The zero-order valence-corrected chi connectivity index (χ0v) is 15.5. The Bertz CT molecular complexity index is 875. The monoisotopic (exact) mass is 391 g/mol. The molecule has 0 radical (unpaired) electrons. The Labute approximate surface area is 149 Å². The summed E-state index contributed by atoms with van der Waals surface area (Å²) >= 11 is 0. The first-order valence-electron chi connectivity index (χ1n) is 7.75. The molecule has 12 heteroatoms. The van der Waals surface area contributed by atoms with E-state index in [9.17, 15) is 22.8 Å². The lowest BCUT2D eigenvalue weighted by Gasteiger charge is -2.24. The third kappa shape index (κ3) is 3.94. The second-order valence-corrected chi connectivity index (χ2v) is 7.66. The summed E-state index contributed by atoms with van der Waals surface area (Å²) in [6.45, 7) is 3.39. The molecule has 1 aromatic heterocycles. The van der Waals surface area contributed by atoms with Gasteiger partial charge in [0.2, 0.25) is 0 Å². The van der Waals surface area contributed by atoms with Crippen molar-refractivity contribution in [3.63, 3.8) is 0 Å². The van der Waals surface area contributed by atoms with Crippen LogP contribution < -0.4 is 16.0 Å². The minimum absolute atomic E-state index is 0.375.